The molecule has 1 atom stereocenters. The van der Waals surface area contributed by atoms with E-state index in [1.165, 1.54) is 18.3 Å². The normalized spacial score (nSPS) is 11.5. The summed E-state index contributed by atoms with van der Waals surface area (Å²) in [4.78, 5) is 46.1. The van der Waals surface area contributed by atoms with Crippen LogP contribution in [0.5, 0.6) is 0 Å². The minimum absolute atomic E-state index is 0.160. The van der Waals surface area contributed by atoms with E-state index < -0.39 is 30.2 Å². The Morgan fingerprint density at radius 1 is 1.36 bits per heavy atom. The molecular formula is C13H17N3O5S. The van der Waals surface area contributed by atoms with E-state index >= 15 is 0 Å². The fourth-order valence-corrected chi connectivity index (χ4v) is 2.71. The van der Waals surface area contributed by atoms with Gasteiger partial charge in [0.2, 0.25) is 11.8 Å². The predicted octanol–water partition coefficient (Wildman–Crippen LogP) is 0.327. The Bertz CT molecular complexity index is 611. The Morgan fingerprint density at radius 3 is 2.45 bits per heavy atom. The lowest BCUT2D eigenvalue weighted by Crippen LogP contribution is -2.43. The molecule has 1 unspecified atom stereocenters. The molecule has 0 aliphatic carbocycles. The lowest BCUT2D eigenvalue weighted by molar-refractivity contribution is -0.140. The summed E-state index contributed by atoms with van der Waals surface area (Å²) in [5.41, 5.74) is 5.12. The summed E-state index contributed by atoms with van der Waals surface area (Å²) in [6, 6.07) is 0.161. The van der Waals surface area contributed by atoms with E-state index in [2.05, 4.69) is 10.6 Å². The summed E-state index contributed by atoms with van der Waals surface area (Å²) in [5, 5.41) is 14.1. The van der Waals surface area contributed by atoms with Crippen LogP contribution in [0.4, 0.5) is 5.00 Å². The van der Waals surface area contributed by atoms with Crippen LogP contribution in [0.1, 0.15) is 35.5 Å². The number of thiophene rings is 1. The van der Waals surface area contributed by atoms with Gasteiger partial charge < -0.3 is 21.5 Å². The van der Waals surface area contributed by atoms with Gasteiger partial charge in [-0.3, -0.25) is 14.4 Å². The molecule has 1 heterocycles. The number of rotatable bonds is 7. The highest BCUT2D eigenvalue weighted by Crippen LogP contribution is 2.28. The highest BCUT2D eigenvalue weighted by Gasteiger charge is 2.25. The van der Waals surface area contributed by atoms with Crippen LogP contribution in [0.25, 0.3) is 0 Å². The Kier molecular flexibility index (Phi) is 6.05. The minimum Gasteiger partial charge on any atom is -0.480 e. The molecule has 0 spiro atoms. The van der Waals surface area contributed by atoms with Crippen LogP contribution in [-0.2, 0) is 20.8 Å². The van der Waals surface area contributed by atoms with Crippen LogP contribution in [0.2, 0.25) is 0 Å². The first kappa shape index (κ1) is 17.6. The van der Waals surface area contributed by atoms with Crippen LogP contribution >= 0.6 is 11.3 Å². The first-order valence-corrected chi connectivity index (χ1v) is 7.28. The molecule has 22 heavy (non-hydrogen) atoms. The van der Waals surface area contributed by atoms with Crippen molar-refractivity contribution in [2.45, 2.75) is 32.7 Å². The number of carboxylic acids is 1. The molecule has 3 amide bonds. The second-order valence-corrected chi connectivity index (χ2v) is 5.66. The molecule has 0 aromatic carbocycles. The number of primary amides is 1. The SMILES string of the molecule is CCc1cc(C(=O)NC(CC(N)=O)C(=O)O)c(NC(C)=O)s1. The average Bonchev–Trinajstić information content (AvgIpc) is 2.79. The number of amides is 3. The third-order valence-corrected chi connectivity index (χ3v) is 3.87. The molecule has 1 rings (SSSR count). The number of hydrogen-bond donors (Lipinski definition) is 4. The van der Waals surface area contributed by atoms with Crippen molar-refractivity contribution < 1.29 is 24.3 Å². The Balaban J connectivity index is 3.00. The number of hydrogen-bond acceptors (Lipinski definition) is 5. The van der Waals surface area contributed by atoms with Crippen molar-refractivity contribution in [3.8, 4) is 0 Å². The van der Waals surface area contributed by atoms with E-state index in [4.69, 9.17) is 10.8 Å². The topological polar surface area (TPSA) is 139 Å². The van der Waals surface area contributed by atoms with Gasteiger partial charge in [0.15, 0.2) is 0 Å². The molecule has 0 fully saturated rings. The number of carboxylic acid groups (broad SMARTS) is 1. The Labute approximate surface area is 130 Å². The molecule has 0 aliphatic heterocycles. The maximum absolute atomic E-state index is 12.2. The molecule has 0 bridgehead atoms. The molecule has 1 aromatic rings. The third kappa shape index (κ3) is 4.85. The summed E-state index contributed by atoms with van der Waals surface area (Å²) in [7, 11) is 0. The molecular weight excluding hydrogens is 310 g/mol. The summed E-state index contributed by atoms with van der Waals surface area (Å²) in [6.45, 7) is 3.19. The van der Waals surface area contributed by atoms with Crippen LogP contribution in [-0.4, -0.2) is 34.8 Å². The second kappa shape index (κ2) is 7.55. The molecule has 0 radical (unpaired) electrons. The van der Waals surface area contributed by atoms with Gasteiger partial charge in [0.05, 0.1) is 12.0 Å². The molecule has 0 aliphatic rings. The van der Waals surface area contributed by atoms with Crippen molar-refractivity contribution >= 4 is 40.0 Å². The summed E-state index contributed by atoms with van der Waals surface area (Å²) in [6.07, 6.45) is 0.148. The summed E-state index contributed by atoms with van der Waals surface area (Å²) in [5.74, 6) is -3.23. The van der Waals surface area contributed by atoms with Crippen molar-refractivity contribution in [1.82, 2.24) is 5.32 Å². The van der Waals surface area contributed by atoms with Gasteiger partial charge in [-0.1, -0.05) is 6.92 Å². The van der Waals surface area contributed by atoms with Gasteiger partial charge in [-0.25, -0.2) is 4.79 Å². The van der Waals surface area contributed by atoms with Gasteiger partial charge in [-0.05, 0) is 12.5 Å². The van der Waals surface area contributed by atoms with Crippen LogP contribution in [0, 0.1) is 0 Å². The van der Waals surface area contributed by atoms with Gasteiger partial charge in [-0.15, -0.1) is 11.3 Å². The van der Waals surface area contributed by atoms with Crippen molar-refractivity contribution in [3.05, 3.63) is 16.5 Å². The van der Waals surface area contributed by atoms with Crippen LogP contribution in [0.15, 0.2) is 6.07 Å². The van der Waals surface area contributed by atoms with E-state index in [1.807, 2.05) is 6.92 Å². The highest BCUT2D eigenvalue weighted by atomic mass is 32.1. The summed E-state index contributed by atoms with van der Waals surface area (Å²) >= 11 is 1.23. The largest absolute Gasteiger partial charge is 0.480 e. The van der Waals surface area contributed by atoms with E-state index in [1.54, 1.807) is 6.07 Å². The van der Waals surface area contributed by atoms with E-state index in [-0.39, 0.29) is 11.5 Å². The zero-order valence-electron chi connectivity index (χ0n) is 12.1. The van der Waals surface area contributed by atoms with Gasteiger partial charge in [0.1, 0.15) is 11.0 Å². The Hall–Kier alpha value is -2.42. The van der Waals surface area contributed by atoms with E-state index in [9.17, 15) is 19.2 Å². The lowest BCUT2D eigenvalue weighted by atomic mass is 10.1. The summed E-state index contributed by atoms with van der Waals surface area (Å²) < 4.78 is 0. The molecule has 120 valence electrons. The number of carbonyl (C=O) groups is 4. The van der Waals surface area contributed by atoms with Gasteiger partial charge in [-0.2, -0.15) is 0 Å². The fraction of sp³-hybridized carbons (Fsp3) is 0.385. The Morgan fingerprint density at radius 2 is 2.00 bits per heavy atom. The van der Waals surface area contributed by atoms with Gasteiger partial charge in [0, 0.05) is 11.8 Å². The first-order valence-electron chi connectivity index (χ1n) is 6.46. The number of nitrogens with two attached hydrogens (primary N) is 1. The van der Waals surface area contributed by atoms with E-state index in [0.717, 1.165) is 4.88 Å². The van der Waals surface area contributed by atoms with E-state index in [0.29, 0.717) is 11.4 Å². The molecule has 0 saturated carbocycles. The minimum atomic E-state index is -1.42. The molecule has 5 N–H and O–H groups in total. The monoisotopic (exact) mass is 327 g/mol. The molecule has 1 aromatic heterocycles. The zero-order chi connectivity index (χ0) is 16.9. The number of carbonyl (C=O) groups excluding carboxylic acids is 3. The lowest BCUT2D eigenvalue weighted by Gasteiger charge is -2.13. The van der Waals surface area contributed by atoms with Crippen molar-refractivity contribution in [2.75, 3.05) is 5.32 Å². The second-order valence-electron chi connectivity index (χ2n) is 4.52. The highest BCUT2D eigenvalue weighted by molar-refractivity contribution is 7.16. The maximum atomic E-state index is 12.2. The fourth-order valence-electron chi connectivity index (χ4n) is 1.67. The van der Waals surface area contributed by atoms with Gasteiger partial charge >= 0.3 is 5.97 Å². The number of aryl methyl sites for hydroxylation is 1. The zero-order valence-corrected chi connectivity index (χ0v) is 13.0. The molecule has 9 heteroatoms. The number of nitrogens with one attached hydrogen (secondary N) is 2. The standard InChI is InChI=1S/C13H17N3O5S/c1-3-7-4-8(12(22-7)15-6(2)17)11(19)16-9(13(20)21)5-10(14)18/h4,9H,3,5H2,1-2H3,(H2,14,18)(H,15,17)(H,16,19)(H,20,21). The quantitative estimate of drug-likeness (QED) is 0.571. The third-order valence-electron chi connectivity index (χ3n) is 2.67. The number of anilines is 1. The van der Waals surface area contributed by atoms with Gasteiger partial charge in [0.25, 0.3) is 5.91 Å². The smallest absolute Gasteiger partial charge is 0.326 e. The maximum Gasteiger partial charge on any atom is 0.326 e. The van der Waals surface area contributed by atoms with Crippen molar-refractivity contribution in [1.29, 1.82) is 0 Å². The average molecular weight is 327 g/mol. The predicted molar refractivity (Wildman–Crippen MR) is 80.7 cm³/mol. The molecule has 8 nitrogen and oxygen atoms in total. The van der Waals surface area contributed by atoms with Crippen LogP contribution < -0.4 is 16.4 Å². The van der Waals surface area contributed by atoms with Crippen LogP contribution in [0.3, 0.4) is 0 Å². The number of aliphatic carboxylic acids is 1. The molecule has 0 saturated heterocycles. The first-order chi connectivity index (χ1) is 10.2. The van der Waals surface area contributed by atoms with Crippen molar-refractivity contribution in [3.63, 3.8) is 0 Å². The van der Waals surface area contributed by atoms with Crippen molar-refractivity contribution in [2.24, 2.45) is 5.73 Å².